The van der Waals surface area contributed by atoms with Gasteiger partial charge in [0.15, 0.2) is 5.43 Å². The number of pyridine rings is 1. The molecule has 1 amide bonds. The molecule has 1 aromatic heterocycles. The molecule has 4 aromatic rings. The third kappa shape index (κ3) is 4.49. The zero-order valence-corrected chi connectivity index (χ0v) is 18.6. The van der Waals surface area contributed by atoms with Crippen LogP contribution in [0.3, 0.4) is 0 Å². The number of hydrogen-bond acceptors (Lipinski definition) is 5. The summed E-state index contributed by atoms with van der Waals surface area (Å²) in [7, 11) is 1.13. The lowest BCUT2D eigenvalue weighted by atomic mass is 10.1. The Balaban J connectivity index is 1.92. The number of carbonyl (C=O) groups is 2. The van der Waals surface area contributed by atoms with E-state index in [1.54, 1.807) is 48.5 Å². The lowest BCUT2D eigenvalue weighted by Crippen LogP contribution is -2.29. The monoisotopic (exact) mass is 480 g/mol. The molecule has 1 heterocycles. The van der Waals surface area contributed by atoms with Gasteiger partial charge in [-0.25, -0.2) is 9.18 Å². The van der Waals surface area contributed by atoms with Crippen LogP contribution in [0.5, 0.6) is 5.88 Å². The van der Waals surface area contributed by atoms with Crippen LogP contribution < -0.4 is 15.5 Å². The van der Waals surface area contributed by atoms with Crippen molar-refractivity contribution in [3.8, 4) is 11.6 Å². The largest absolute Gasteiger partial charge is 0.514 e. The maximum Gasteiger partial charge on any atom is 0.514 e. The fraction of sp³-hybridized carbons (Fsp3) is 0.0800. The summed E-state index contributed by atoms with van der Waals surface area (Å²) in [6, 6.07) is 19.0. The molecule has 0 radical (unpaired) electrons. The highest BCUT2D eigenvalue weighted by Gasteiger charge is 2.23. The number of nitrogens with zero attached hydrogens (tertiary/aromatic N) is 1. The molecule has 9 heteroatoms. The molecule has 0 fully saturated rings. The molecule has 3 aromatic carbocycles. The smallest absolute Gasteiger partial charge is 0.437 e. The predicted octanol–water partition coefficient (Wildman–Crippen LogP) is 4.86. The number of benzene rings is 3. The minimum absolute atomic E-state index is 0.0336. The second-order valence-corrected chi connectivity index (χ2v) is 7.60. The highest BCUT2D eigenvalue weighted by Crippen LogP contribution is 2.29. The van der Waals surface area contributed by atoms with E-state index in [2.05, 4.69) is 10.1 Å². The number of methoxy groups -OCH3 is 1. The van der Waals surface area contributed by atoms with E-state index >= 15 is 0 Å². The maximum atomic E-state index is 14.0. The van der Waals surface area contributed by atoms with Crippen molar-refractivity contribution in [2.75, 3.05) is 7.11 Å². The van der Waals surface area contributed by atoms with Gasteiger partial charge in [-0.05, 0) is 42.5 Å². The number of halogens is 2. The second kappa shape index (κ2) is 9.76. The summed E-state index contributed by atoms with van der Waals surface area (Å²) >= 11 is 6.20. The topological polar surface area (TPSA) is 86.6 Å². The predicted molar refractivity (Wildman–Crippen MR) is 125 cm³/mol. The number of nitrogens with one attached hydrogen (secondary N) is 1. The SMILES string of the molecule is COC(=O)Oc1c(CNC(=O)c2ccccc2F)c(=O)c2ccc(Cl)cc2n1-c1ccccc1. The summed E-state index contributed by atoms with van der Waals surface area (Å²) in [5.74, 6) is -1.60. The standard InChI is InChI=1S/C25H18ClFN2O5/c1-33-25(32)34-24-19(14-28-23(31)17-9-5-6-10-20(17)27)22(30)18-12-11-15(26)13-21(18)29(24)16-7-3-2-4-8-16/h2-13H,14H2,1H3,(H,28,31). The highest BCUT2D eigenvalue weighted by atomic mass is 35.5. The highest BCUT2D eigenvalue weighted by molar-refractivity contribution is 6.31. The molecule has 0 aliphatic carbocycles. The summed E-state index contributed by atoms with van der Waals surface area (Å²) in [6.45, 7) is -0.344. The molecule has 1 N–H and O–H groups in total. The van der Waals surface area contributed by atoms with Crippen LogP contribution in [0.15, 0.2) is 77.6 Å². The van der Waals surface area contributed by atoms with E-state index in [0.717, 1.165) is 13.2 Å². The van der Waals surface area contributed by atoms with Gasteiger partial charge in [0, 0.05) is 16.1 Å². The van der Waals surface area contributed by atoms with Crippen LogP contribution in [0.2, 0.25) is 5.02 Å². The minimum atomic E-state index is -1.06. The van der Waals surface area contributed by atoms with Gasteiger partial charge in [-0.2, -0.15) is 0 Å². The molecule has 0 unspecified atom stereocenters. The molecule has 7 nitrogen and oxygen atoms in total. The first-order valence-corrected chi connectivity index (χ1v) is 10.5. The fourth-order valence-corrected chi connectivity index (χ4v) is 3.68. The molecule has 0 atom stereocenters. The van der Waals surface area contributed by atoms with Crippen molar-refractivity contribution >= 4 is 34.6 Å². The second-order valence-electron chi connectivity index (χ2n) is 7.16. The summed E-state index contributed by atoms with van der Waals surface area (Å²) in [5, 5.41) is 3.17. The minimum Gasteiger partial charge on any atom is -0.437 e. The molecular formula is C25H18ClFN2O5. The Kier molecular flexibility index (Phi) is 6.60. The molecule has 0 saturated heterocycles. The lowest BCUT2D eigenvalue weighted by molar-refractivity contribution is 0.0946. The molecular weight excluding hydrogens is 463 g/mol. The average molecular weight is 481 g/mol. The van der Waals surface area contributed by atoms with Gasteiger partial charge in [-0.3, -0.25) is 14.2 Å². The molecule has 0 aliphatic heterocycles. The van der Waals surface area contributed by atoms with Crippen LogP contribution in [-0.2, 0) is 11.3 Å². The van der Waals surface area contributed by atoms with Gasteiger partial charge < -0.3 is 14.8 Å². The van der Waals surface area contributed by atoms with Gasteiger partial charge in [0.1, 0.15) is 5.82 Å². The van der Waals surface area contributed by atoms with E-state index in [1.807, 2.05) is 0 Å². The van der Waals surface area contributed by atoms with E-state index < -0.39 is 23.3 Å². The number of rotatable bonds is 5. The fourth-order valence-electron chi connectivity index (χ4n) is 3.51. The first-order valence-electron chi connectivity index (χ1n) is 10.1. The number of ether oxygens (including phenoxy) is 2. The van der Waals surface area contributed by atoms with E-state index in [9.17, 15) is 18.8 Å². The van der Waals surface area contributed by atoms with Crippen LogP contribution >= 0.6 is 11.6 Å². The van der Waals surface area contributed by atoms with Gasteiger partial charge in [0.25, 0.3) is 5.91 Å². The molecule has 0 aliphatic rings. The number of carbonyl (C=O) groups excluding carboxylic acids is 2. The zero-order chi connectivity index (χ0) is 24.2. The Hall–Kier alpha value is -4.17. The van der Waals surface area contributed by atoms with Crippen LogP contribution in [0.4, 0.5) is 9.18 Å². The molecule has 0 spiro atoms. The molecule has 172 valence electrons. The van der Waals surface area contributed by atoms with Crippen LogP contribution in [0, 0.1) is 5.82 Å². The quantitative estimate of drug-likeness (QED) is 0.412. The van der Waals surface area contributed by atoms with Crippen molar-refractivity contribution in [1.82, 2.24) is 9.88 Å². The Morgan fingerprint density at radius 2 is 1.74 bits per heavy atom. The van der Waals surface area contributed by atoms with E-state index in [0.29, 0.717) is 16.2 Å². The summed E-state index contributed by atoms with van der Waals surface area (Å²) < 4.78 is 25.6. The normalized spacial score (nSPS) is 10.7. The summed E-state index contributed by atoms with van der Waals surface area (Å²) in [5.41, 5.74) is 0.233. The van der Waals surface area contributed by atoms with Crippen molar-refractivity contribution in [3.05, 3.63) is 105 Å². The van der Waals surface area contributed by atoms with E-state index in [-0.39, 0.29) is 28.9 Å². The third-order valence-electron chi connectivity index (χ3n) is 5.09. The number of amides is 1. The van der Waals surface area contributed by atoms with Crippen molar-refractivity contribution in [3.63, 3.8) is 0 Å². The van der Waals surface area contributed by atoms with Gasteiger partial charge in [-0.1, -0.05) is 41.9 Å². The Bertz CT molecular complexity index is 1450. The number of para-hydroxylation sites is 1. The third-order valence-corrected chi connectivity index (χ3v) is 5.32. The van der Waals surface area contributed by atoms with Crippen molar-refractivity contribution in [2.45, 2.75) is 6.54 Å². The Morgan fingerprint density at radius 3 is 2.44 bits per heavy atom. The number of hydrogen-bond donors (Lipinski definition) is 1. The van der Waals surface area contributed by atoms with Crippen molar-refractivity contribution < 1.29 is 23.5 Å². The van der Waals surface area contributed by atoms with Crippen LogP contribution in [0.25, 0.3) is 16.6 Å². The summed E-state index contributed by atoms with van der Waals surface area (Å²) in [6.07, 6.45) is -1.06. The average Bonchev–Trinajstić information content (AvgIpc) is 2.84. The number of aromatic nitrogens is 1. The van der Waals surface area contributed by atoms with Crippen LogP contribution in [-0.4, -0.2) is 23.7 Å². The van der Waals surface area contributed by atoms with Crippen molar-refractivity contribution in [2.24, 2.45) is 0 Å². The van der Waals surface area contributed by atoms with E-state index in [4.69, 9.17) is 16.3 Å². The lowest BCUT2D eigenvalue weighted by Gasteiger charge is -2.20. The zero-order valence-electron chi connectivity index (χ0n) is 17.9. The first-order chi connectivity index (χ1) is 16.4. The van der Waals surface area contributed by atoms with Crippen LogP contribution in [0.1, 0.15) is 15.9 Å². The molecule has 4 rings (SSSR count). The molecule has 0 saturated carbocycles. The number of fused-ring (bicyclic) bond motifs is 1. The van der Waals surface area contributed by atoms with E-state index in [1.165, 1.54) is 22.8 Å². The van der Waals surface area contributed by atoms with Gasteiger partial charge in [-0.15, -0.1) is 0 Å². The molecule has 34 heavy (non-hydrogen) atoms. The van der Waals surface area contributed by atoms with Crippen molar-refractivity contribution in [1.29, 1.82) is 0 Å². The van der Waals surface area contributed by atoms with Gasteiger partial charge in [0.2, 0.25) is 5.88 Å². The maximum absolute atomic E-state index is 14.0. The first kappa shape index (κ1) is 23.0. The molecule has 0 bridgehead atoms. The van der Waals surface area contributed by atoms with Gasteiger partial charge >= 0.3 is 6.16 Å². The Morgan fingerprint density at radius 1 is 1.03 bits per heavy atom. The van der Waals surface area contributed by atoms with Gasteiger partial charge in [0.05, 0.1) is 30.3 Å². The Labute approximate surface area is 198 Å². The summed E-state index contributed by atoms with van der Waals surface area (Å²) in [4.78, 5) is 38.1.